The molecule has 0 aliphatic rings. The maximum Gasteiger partial charge on any atom is 0.419 e. The first-order valence-electron chi connectivity index (χ1n) is 10.8. The number of para-hydroxylation sites is 1. The Bertz CT molecular complexity index is 1170. The first-order chi connectivity index (χ1) is 15.7. The SMILES string of the molecule is C=CCON(/C=C/c1ccccc1)C(=O)Cc1c(C)n(C(=O)OC(C)(C)C)c2ccccc12. The van der Waals surface area contributed by atoms with Crippen LogP contribution in [0.3, 0.4) is 0 Å². The molecule has 0 bridgehead atoms. The normalized spacial score (nSPS) is 11.6. The number of hydroxylamine groups is 2. The van der Waals surface area contributed by atoms with Gasteiger partial charge in [-0.05, 0) is 51.0 Å². The summed E-state index contributed by atoms with van der Waals surface area (Å²) in [4.78, 5) is 31.8. The molecule has 0 saturated heterocycles. The van der Waals surface area contributed by atoms with E-state index in [1.54, 1.807) is 18.4 Å². The second-order valence-corrected chi connectivity index (χ2v) is 8.60. The lowest BCUT2D eigenvalue weighted by Crippen LogP contribution is -2.29. The highest BCUT2D eigenvalue weighted by Crippen LogP contribution is 2.28. The molecule has 0 fully saturated rings. The van der Waals surface area contributed by atoms with Crippen molar-refractivity contribution < 1.29 is 19.2 Å². The summed E-state index contributed by atoms with van der Waals surface area (Å²) in [6.45, 7) is 11.1. The van der Waals surface area contributed by atoms with Gasteiger partial charge in [0.2, 0.25) is 0 Å². The molecule has 0 atom stereocenters. The van der Waals surface area contributed by atoms with Crippen LogP contribution in [0.25, 0.3) is 17.0 Å². The predicted octanol–water partition coefficient (Wildman–Crippen LogP) is 5.89. The zero-order chi connectivity index (χ0) is 24.0. The van der Waals surface area contributed by atoms with Crippen LogP contribution in [0.15, 0.2) is 73.5 Å². The Hall–Kier alpha value is -3.64. The summed E-state index contributed by atoms with van der Waals surface area (Å²) >= 11 is 0. The lowest BCUT2D eigenvalue weighted by molar-refractivity contribution is -0.166. The van der Waals surface area contributed by atoms with E-state index in [-0.39, 0.29) is 18.9 Å². The van der Waals surface area contributed by atoms with Crippen LogP contribution in [0.2, 0.25) is 0 Å². The summed E-state index contributed by atoms with van der Waals surface area (Å²) in [5.74, 6) is -0.265. The number of hydrogen-bond donors (Lipinski definition) is 0. The van der Waals surface area contributed by atoms with Gasteiger partial charge in [0.1, 0.15) is 5.60 Å². The van der Waals surface area contributed by atoms with Gasteiger partial charge in [-0.15, -0.1) is 6.58 Å². The molecule has 3 rings (SSSR count). The maximum absolute atomic E-state index is 13.2. The summed E-state index contributed by atoms with van der Waals surface area (Å²) in [7, 11) is 0. The van der Waals surface area contributed by atoms with Gasteiger partial charge in [-0.25, -0.2) is 9.36 Å². The third kappa shape index (κ3) is 5.99. The average molecular weight is 447 g/mol. The molecular formula is C27H30N2O4. The summed E-state index contributed by atoms with van der Waals surface area (Å²) in [6.07, 6.45) is 4.56. The average Bonchev–Trinajstić information content (AvgIpc) is 3.05. The van der Waals surface area contributed by atoms with E-state index < -0.39 is 11.7 Å². The molecule has 0 aliphatic heterocycles. The lowest BCUT2D eigenvalue weighted by Gasteiger charge is -2.20. The molecule has 1 aromatic heterocycles. The van der Waals surface area contributed by atoms with Crippen molar-refractivity contribution in [1.29, 1.82) is 0 Å². The molecule has 3 aromatic rings. The zero-order valence-electron chi connectivity index (χ0n) is 19.6. The van der Waals surface area contributed by atoms with Crippen molar-refractivity contribution in [3.05, 3.63) is 90.3 Å². The van der Waals surface area contributed by atoms with Crippen molar-refractivity contribution in [1.82, 2.24) is 9.63 Å². The molecule has 0 unspecified atom stereocenters. The minimum Gasteiger partial charge on any atom is -0.443 e. The molecule has 1 amide bonds. The Morgan fingerprint density at radius 2 is 1.73 bits per heavy atom. The number of nitrogens with zero attached hydrogens (tertiary/aromatic N) is 2. The highest BCUT2D eigenvalue weighted by molar-refractivity contribution is 5.96. The highest BCUT2D eigenvalue weighted by Gasteiger charge is 2.25. The molecular weight excluding hydrogens is 416 g/mol. The largest absolute Gasteiger partial charge is 0.443 e. The second-order valence-electron chi connectivity index (χ2n) is 8.60. The number of carbonyl (C=O) groups excluding carboxylic acids is 2. The van der Waals surface area contributed by atoms with Crippen molar-refractivity contribution >= 4 is 29.0 Å². The molecule has 6 nitrogen and oxygen atoms in total. The van der Waals surface area contributed by atoms with Gasteiger partial charge in [0.15, 0.2) is 0 Å². The smallest absolute Gasteiger partial charge is 0.419 e. The van der Waals surface area contributed by atoms with Gasteiger partial charge in [0.05, 0.1) is 18.5 Å². The summed E-state index contributed by atoms with van der Waals surface area (Å²) in [6, 6.07) is 17.1. The number of aromatic nitrogens is 1. The van der Waals surface area contributed by atoms with Crippen LogP contribution in [-0.2, 0) is 20.8 Å². The van der Waals surface area contributed by atoms with Crippen molar-refractivity contribution in [2.24, 2.45) is 0 Å². The topological polar surface area (TPSA) is 60.8 Å². The summed E-state index contributed by atoms with van der Waals surface area (Å²) < 4.78 is 7.13. The molecule has 0 spiro atoms. The minimum atomic E-state index is -0.636. The number of carbonyl (C=O) groups is 2. The Morgan fingerprint density at radius 3 is 2.39 bits per heavy atom. The van der Waals surface area contributed by atoms with Gasteiger partial charge < -0.3 is 4.74 Å². The molecule has 1 heterocycles. The van der Waals surface area contributed by atoms with Gasteiger partial charge in [-0.3, -0.25) is 9.63 Å². The van der Waals surface area contributed by atoms with E-state index in [0.29, 0.717) is 11.2 Å². The number of hydrogen-bond acceptors (Lipinski definition) is 4. The van der Waals surface area contributed by atoms with E-state index in [1.807, 2.05) is 82.3 Å². The number of fused-ring (bicyclic) bond motifs is 1. The predicted molar refractivity (Wildman–Crippen MR) is 130 cm³/mol. The first kappa shape index (κ1) is 24.0. The van der Waals surface area contributed by atoms with Crippen LogP contribution >= 0.6 is 0 Å². The summed E-state index contributed by atoms with van der Waals surface area (Å²) in [5.41, 5.74) is 2.42. The Kier molecular flexibility index (Phi) is 7.51. The maximum atomic E-state index is 13.2. The monoisotopic (exact) mass is 446 g/mol. The molecule has 172 valence electrons. The van der Waals surface area contributed by atoms with Crippen LogP contribution in [0.4, 0.5) is 4.79 Å². The molecule has 0 radical (unpaired) electrons. The molecule has 0 saturated carbocycles. The van der Waals surface area contributed by atoms with Crippen molar-refractivity contribution in [2.75, 3.05) is 6.61 Å². The van der Waals surface area contributed by atoms with E-state index in [1.165, 1.54) is 9.63 Å². The number of rotatable bonds is 7. The van der Waals surface area contributed by atoms with E-state index in [2.05, 4.69) is 6.58 Å². The van der Waals surface area contributed by atoms with Crippen LogP contribution in [0, 0.1) is 6.92 Å². The van der Waals surface area contributed by atoms with E-state index in [9.17, 15) is 9.59 Å². The number of ether oxygens (including phenoxy) is 1. The molecule has 2 aromatic carbocycles. The standard InChI is InChI=1S/C27H30N2O4/c1-6-18-32-28(17-16-21-12-8-7-9-13-21)25(30)19-23-20(2)29(26(31)33-27(3,4)5)24-15-11-10-14-22(23)24/h6-17H,1,18-19H2,2-5H3/b17-16+. The van der Waals surface area contributed by atoms with Crippen LogP contribution < -0.4 is 0 Å². The van der Waals surface area contributed by atoms with Crippen molar-refractivity contribution in [3.63, 3.8) is 0 Å². The van der Waals surface area contributed by atoms with Crippen molar-refractivity contribution in [2.45, 2.75) is 39.7 Å². The molecule has 6 heteroatoms. The first-order valence-corrected chi connectivity index (χ1v) is 10.8. The molecule has 0 N–H and O–H groups in total. The summed E-state index contributed by atoms with van der Waals surface area (Å²) in [5, 5.41) is 2.04. The third-order valence-electron chi connectivity index (χ3n) is 4.93. The van der Waals surface area contributed by atoms with Crippen LogP contribution in [0.5, 0.6) is 0 Å². The Labute approximate surface area is 194 Å². The third-order valence-corrected chi connectivity index (χ3v) is 4.93. The Morgan fingerprint density at radius 1 is 1.06 bits per heavy atom. The number of amides is 1. The highest BCUT2D eigenvalue weighted by atomic mass is 16.7. The van der Waals surface area contributed by atoms with Gasteiger partial charge >= 0.3 is 6.09 Å². The quantitative estimate of drug-likeness (QED) is 0.335. The fraction of sp³-hybridized carbons (Fsp3) is 0.259. The Balaban J connectivity index is 1.94. The van der Waals surface area contributed by atoms with E-state index in [4.69, 9.17) is 9.57 Å². The lowest BCUT2D eigenvalue weighted by atomic mass is 10.1. The molecule has 33 heavy (non-hydrogen) atoms. The number of benzene rings is 2. The van der Waals surface area contributed by atoms with Crippen molar-refractivity contribution in [3.8, 4) is 0 Å². The second kappa shape index (κ2) is 10.3. The van der Waals surface area contributed by atoms with Gasteiger partial charge in [-0.2, -0.15) is 5.06 Å². The zero-order valence-corrected chi connectivity index (χ0v) is 19.6. The van der Waals surface area contributed by atoms with Gasteiger partial charge in [0, 0.05) is 17.3 Å². The van der Waals surface area contributed by atoms with E-state index in [0.717, 1.165) is 16.5 Å². The van der Waals surface area contributed by atoms with Gasteiger partial charge in [-0.1, -0.05) is 54.6 Å². The minimum absolute atomic E-state index is 0.0540. The fourth-order valence-electron chi connectivity index (χ4n) is 3.48. The van der Waals surface area contributed by atoms with Crippen LogP contribution in [-0.4, -0.2) is 33.8 Å². The molecule has 0 aliphatic carbocycles. The van der Waals surface area contributed by atoms with E-state index >= 15 is 0 Å². The van der Waals surface area contributed by atoms with Gasteiger partial charge in [0.25, 0.3) is 5.91 Å². The van der Waals surface area contributed by atoms with Crippen LogP contribution in [0.1, 0.15) is 37.6 Å². The fourth-order valence-corrected chi connectivity index (χ4v) is 3.48.